The Bertz CT molecular complexity index is 1500. The molecule has 0 aliphatic heterocycles. The van der Waals surface area contributed by atoms with Gasteiger partial charge in [-0.25, -0.2) is 0 Å². The Hall–Kier alpha value is -3.31. The van der Waals surface area contributed by atoms with Crippen molar-refractivity contribution in [3.05, 3.63) is 111 Å². The normalized spacial score (nSPS) is 12.5. The maximum atomic E-state index is 10.5. The molecule has 4 aromatic rings. The summed E-state index contributed by atoms with van der Waals surface area (Å²) in [4.78, 5) is 0.553. The second-order valence-electron chi connectivity index (χ2n) is 12.8. The largest absolute Gasteiger partial charge is 0.508 e. The fraction of sp³-hybridized carbons (Fsp3) is 0.314. The van der Waals surface area contributed by atoms with Crippen molar-refractivity contribution in [3.8, 4) is 17.2 Å². The third-order valence-electron chi connectivity index (χ3n) is 8.93. The molecule has 3 nitrogen and oxygen atoms in total. The summed E-state index contributed by atoms with van der Waals surface area (Å²) in [7, 11) is 1.95. The molecule has 208 valence electrons. The van der Waals surface area contributed by atoms with Crippen molar-refractivity contribution in [1.82, 2.24) is 0 Å². The highest BCUT2D eigenvalue weighted by Gasteiger charge is 2.33. The summed E-state index contributed by atoms with van der Waals surface area (Å²) in [6.07, 6.45) is 0. The van der Waals surface area contributed by atoms with E-state index in [1.807, 2.05) is 39.9 Å². The number of phenols is 3. The first-order valence-corrected chi connectivity index (χ1v) is 14.2. The maximum Gasteiger partial charge on any atom is 0.144 e. The van der Waals surface area contributed by atoms with Crippen molar-refractivity contribution in [3.63, 3.8) is 0 Å². The minimum atomic E-state index is -0.381. The Morgan fingerprint density at radius 1 is 0.525 bits per heavy atom. The van der Waals surface area contributed by atoms with Crippen LogP contribution in [0.15, 0.2) is 71.6 Å². The van der Waals surface area contributed by atoms with Gasteiger partial charge in [-0.3, -0.25) is 0 Å². The van der Waals surface area contributed by atoms with Crippen molar-refractivity contribution in [2.24, 2.45) is 0 Å². The summed E-state index contributed by atoms with van der Waals surface area (Å²) in [6, 6.07) is 22.5. The van der Waals surface area contributed by atoms with Crippen molar-refractivity contribution < 1.29 is 15.3 Å². The van der Waals surface area contributed by atoms with E-state index in [4.69, 9.17) is 0 Å². The minimum absolute atomic E-state index is 0.167. The van der Waals surface area contributed by atoms with Crippen molar-refractivity contribution in [2.75, 3.05) is 0 Å². The van der Waals surface area contributed by atoms with Gasteiger partial charge in [0.05, 0.1) is 0 Å². The number of hydrogen-bond acceptors (Lipinski definition) is 4. The van der Waals surface area contributed by atoms with Gasteiger partial charge in [-0.15, -0.1) is 12.6 Å². The van der Waals surface area contributed by atoms with E-state index >= 15 is 0 Å². The first kappa shape index (κ1) is 29.7. The van der Waals surface area contributed by atoms with Gasteiger partial charge in [0, 0.05) is 21.1 Å². The molecule has 0 saturated carbocycles. The second kappa shape index (κ2) is 10.3. The molecule has 0 saturated heterocycles. The lowest BCUT2D eigenvalue weighted by Crippen LogP contribution is -2.27. The fourth-order valence-electron chi connectivity index (χ4n) is 5.48. The number of aryl methyl sites for hydroxylation is 2. The van der Waals surface area contributed by atoms with Gasteiger partial charge in [-0.05, 0) is 82.0 Å². The van der Waals surface area contributed by atoms with E-state index in [1.54, 1.807) is 12.1 Å². The first-order valence-electron chi connectivity index (χ1n) is 13.8. The first-order chi connectivity index (χ1) is 18.5. The van der Waals surface area contributed by atoms with Gasteiger partial charge in [0.25, 0.3) is 0 Å². The average molecular weight is 553 g/mol. The highest BCUT2D eigenvalue weighted by atomic mass is 32.1. The van der Waals surface area contributed by atoms with Crippen LogP contribution in [-0.2, 0) is 16.2 Å². The van der Waals surface area contributed by atoms with Gasteiger partial charge in [-0.2, -0.15) is 0 Å². The lowest BCUT2D eigenvalue weighted by molar-refractivity contribution is 0.461. The molecule has 0 aliphatic rings. The molecule has 0 aromatic heterocycles. The summed E-state index contributed by atoms with van der Waals surface area (Å²) < 4.78 is 0. The Morgan fingerprint density at radius 2 is 0.925 bits per heavy atom. The topological polar surface area (TPSA) is 60.7 Å². The van der Waals surface area contributed by atoms with E-state index in [1.165, 1.54) is 11.1 Å². The number of benzene rings is 4. The van der Waals surface area contributed by atoms with Gasteiger partial charge < -0.3 is 15.3 Å². The zero-order valence-corrected chi connectivity index (χ0v) is 26.0. The standard InChI is InChI=1S/C35H41BO3S/c1-20-13-22(9-11-29(20)37)33(3,4)25-15-26(34(5,6)23-10-12-30(38)31(40)19-23)17-27(16-25)35(7,8)24-14-21(2)32(39)28(36)18-24/h9-19,37-40H,36H2,1-8H3. The molecule has 40 heavy (non-hydrogen) atoms. The van der Waals surface area contributed by atoms with E-state index in [2.05, 4.69) is 90.6 Å². The molecule has 0 spiro atoms. The summed E-state index contributed by atoms with van der Waals surface area (Å²) in [5, 5.41) is 30.8. The third-order valence-corrected chi connectivity index (χ3v) is 9.28. The maximum absolute atomic E-state index is 10.5. The Morgan fingerprint density at radius 3 is 1.38 bits per heavy atom. The molecular weight excluding hydrogens is 511 g/mol. The van der Waals surface area contributed by atoms with Crippen LogP contribution < -0.4 is 5.46 Å². The molecule has 0 heterocycles. The smallest absolute Gasteiger partial charge is 0.144 e. The van der Waals surface area contributed by atoms with E-state index in [0.29, 0.717) is 16.4 Å². The van der Waals surface area contributed by atoms with Gasteiger partial charge in [0.2, 0.25) is 0 Å². The third kappa shape index (κ3) is 5.24. The van der Waals surface area contributed by atoms with Crippen LogP contribution in [0.5, 0.6) is 17.2 Å². The fourth-order valence-corrected chi connectivity index (χ4v) is 5.70. The van der Waals surface area contributed by atoms with E-state index in [0.717, 1.165) is 38.8 Å². The van der Waals surface area contributed by atoms with Gasteiger partial charge in [-0.1, -0.05) is 90.1 Å². The van der Waals surface area contributed by atoms with Gasteiger partial charge >= 0.3 is 0 Å². The predicted molar refractivity (Wildman–Crippen MR) is 172 cm³/mol. The molecule has 0 aliphatic carbocycles. The molecule has 4 aromatic carbocycles. The summed E-state index contributed by atoms with van der Waals surface area (Å²) >= 11 is 4.49. The average Bonchev–Trinajstić information content (AvgIpc) is 2.89. The number of rotatable bonds is 6. The number of aromatic hydroxyl groups is 3. The Kier molecular flexibility index (Phi) is 7.62. The number of thiol groups is 1. The number of phenolic OH excluding ortho intramolecular Hbond substituents is 3. The van der Waals surface area contributed by atoms with Crippen LogP contribution in [0.1, 0.15) is 86.1 Å². The summed E-state index contributed by atoms with van der Waals surface area (Å²) in [6.45, 7) is 17.2. The van der Waals surface area contributed by atoms with Crippen LogP contribution in [0.3, 0.4) is 0 Å². The van der Waals surface area contributed by atoms with Crippen LogP contribution in [0.4, 0.5) is 0 Å². The van der Waals surface area contributed by atoms with Crippen molar-refractivity contribution in [1.29, 1.82) is 0 Å². The molecule has 4 rings (SSSR count). The zero-order valence-electron chi connectivity index (χ0n) is 25.1. The molecule has 0 unspecified atom stereocenters. The molecule has 3 N–H and O–H groups in total. The quantitative estimate of drug-likeness (QED) is 0.155. The number of hydrogen-bond donors (Lipinski definition) is 4. The molecule has 0 bridgehead atoms. The SMILES string of the molecule is Bc1cc(C(C)(C)c2cc(C(C)(C)c3ccc(O)c(C)c3)cc(C(C)(C)c3ccc(O)c(S)c3)c2)cc(C)c1O. The molecule has 0 amide bonds. The zero-order chi connectivity index (χ0) is 29.8. The second-order valence-corrected chi connectivity index (χ2v) is 13.3. The molecule has 0 radical (unpaired) electrons. The van der Waals surface area contributed by atoms with E-state index in [-0.39, 0.29) is 22.0 Å². The highest BCUT2D eigenvalue weighted by Crippen LogP contribution is 2.43. The molecular formula is C35H41BO3S. The van der Waals surface area contributed by atoms with E-state index < -0.39 is 0 Å². The van der Waals surface area contributed by atoms with Crippen LogP contribution in [-0.4, -0.2) is 23.2 Å². The Balaban J connectivity index is 1.99. The lowest BCUT2D eigenvalue weighted by Gasteiger charge is -2.35. The van der Waals surface area contributed by atoms with Crippen LogP contribution in [0.25, 0.3) is 0 Å². The minimum Gasteiger partial charge on any atom is -0.508 e. The van der Waals surface area contributed by atoms with Crippen molar-refractivity contribution in [2.45, 2.75) is 76.5 Å². The van der Waals surface area contributed by atoms with Crippen LogP contribution >= 0.6 is 12.6 Å². The Labute approximate surface area is 245 Å². The molecule has 0 fully saturated rings. The lowest BCUT2D eigenvalue weighted by atomic mass is 9.68. The van der Waals surface area contributed by atoms with Crippen molar-refractivity contribution >= 4 is 25.9 Å². The highest BCUT2D eigenvalue weighted by molar-refractivity contribution is 7.80. The summed E-state index contributed by atoms with van der Waals surface area (Å²) in [5.74, 6) is 0.804. The molecule has 0 atom stereocenters. The van der Waals surface area contributed by atoms with E-state index in [9.17, 15) is 15.3 Å². The summed E-state index contributed by atoms with van der Waals surface area (Å²) in [5.41, 5.74) is 8.32. The van der Waals surface area contributed by atoms with Gasteiger partial charge in [0.15, 0.2) is 0 Å². The molecule has 5 heteroatoms. The van der Waals surface area contributed by atoms with Crippen LogP contribution in [0.2, 0.25) is 0 Å². The van der Waals surface area contributed by atoms with Gasteiger partial charge in [0.1, 0.15) is 25.1 Å². The monoisotopic (exact) mass is 552 g/mol. The van der Waals surface area contributed by atoms with Crippen LogP contribution in [0, 0.1) is 13.8 Å². The predicted octanol–water partition coefficient (Wildman–Crippen LogP) is 6.95.